The monoisotopic (exact) mass is 550 g/mol. The summed E-state index contributed by atoms with van der Waals surface area (Å²) in [4.78, 5) is 20.7. The molecular weight excluding hydrogens is 532 g/mol. The molecule has 0 spiro atoms. The van der Waals surface area contributed by atoms with Gasteiger partial charge in [0.05, 0.1) is 23.5 Å². The lowest BCUT2D eigenvalue weighted by molar-refractivity contribution is -0.137. The SMILES string of the molecule is O=C(NCc1cc(-c2ccc(C(F)(F)F)cc2O)ncn1)[C@@H]1CCN1S(=O)(=O)c1cc2cc(F)ccc2o1. The summed E-state index contributed by atoms with van der Waals surface area (Å²) in [7, 11) is -4.17. The highest BCUT2D eigenvalue weighted by Crippen LogP contribution is 2.36. The van der Waals surface area contributed by atoms with E-state index in [9.17, 15) is 35.9 Å². The number of aromatic hydroxyl groups is 1. The average molecular weight is 550 g/mol. The number of sulfonamides is 1. The van der Waals surface area contributed by atoms with Gasteiger partial charge in [-0.1, -0.05) is 0 Å². The number of phenols is 1. The molecule has 1 aliphatic heterocycles. The first-order valence-electron chi connectivity index (χ1n) is 11.1. The van der Waals surface area contributed by atoms with E-state index in [2.05, 4.69) is 15.3 Å². The van der Waals surface area contributed by atoms with E-state index < -0.39 is 50.4 Å². The number of halogens is 4. The van der Waals surface area contributed by atoms with Crippen LogP contribution in [0.1, 0.15) is 17.7 Å². The van der Waals surface area contributed by atoms with E-state index in [1.165, 1.54) is 18.2 Å². The zero-order valence-electron chi connectivity index (χ0n) is 19.2. The van der Waals surface area contributed by atoms with E-state index in [4.69, 9.17) is 4.42 Å². The van der Waals surface area contributed by atoms with Crippen LogP contribution in [0.4, 0.5) is 17.6 Å². The Balaban J connectivity index is 1.27. The summed E-state index contributed by atoms with van der Waals surface area (Å²) in [6.45, 7) is -0.0548. The maximum atomic E-state index is 13.5. The summed E-state index contributed by atoms with van der Waals surface area (Å²) in [5.41, 5.74) is -0.393. The van der Waals surface area contributed by atoms with Crippen LogP contribution in [0.15, 0.2) is 64.4 Å². The van der Waals surface area contributed by atoms with Gasteiger partial charge in [-0.2, -0.15) is 17.5 Å². The number of hydrogen-bond acceptors (Lipinski definition) is 7. The normalized spacial score (nSPS) is 16.4. The molecule has 0 saturated carbocycles. The predicted molar refractivity (Wildman–Crippen MR) is 124 cm³/mol. The fourth-order valence-corrected chi connectivity index (χ4v) is 5.59. The number of aromatic nitrogens is 2. The molecule has 0 bridgehead atoms. The Morgan fingerprint density at radius 1 is 1.13 bits per heavy atom. The largest absolute Gasteiger partial charge is 0.507 e. The number of phenolic OH excluding ortho intramolecular Hbond substituents is 1. The Morgan fingerprint density at radius 2 is 1.92 bits per heavy atom. The fourth-order valence-electron chi connectivity index (χ4n) is 4.01. The second-order valence-electron chi connectivity index (χ2n) is 8.51. The third-order valence-corrected chi connectivity index (χ3v) is 7.82. The number of furan rings is 1. The van der Waals surface area contributed by atoms with Crippen molar-refractivity contribution in [3.05, 3.63) is 71.9 Å². The number of carbonyl (C=O) groups is 1. The van der Waals surface area contributed by atoms with Crippen molar-refractivity contribution in [1.82, 2.24) is 19.6 Å². The molecule has 38 heavy (non-hydrogen) atoms. The molecule has 1 atom stereocenters. The Labute approximate surface area is 212 Å². The molecule has 4 aromatic rings. The van der Waals surface area contributed by atoms with Crippen LogP contribution in [0, 0.1) is 5.82 Å². The number of rotatable bonds is 6. The number of hydrogen-bond donors (Lipinski definition) is 2. The molecule has 1 aliphatic rings. The number of alkyl halides is 3. The van der Waals surface area contributed by atoms with Crippen molar-refractivity contribution in [3.8, 4) is 17.0 Å². The van der Waals surface area contributed by atoms with Gasteiger partial charge in [-0.25, -0.2) is 22.8 Å². The van der Waals surface area contributed by atoms with Gasteiger partial charge in [0, 0.05) is 23.6 Å². The quantitative estimate of drug-likeness (QED) is 0.350. The zero-order valence-corrected chi connectivity index (χ0v) is 20.1. The summed E-state index contributed by atoms with van der Waals surface area (Å²) in [6.07, 6.45) is -3.24. The van der Waals surface area contributed by atoms with E-state index in [1.54, 1.807) is 0 Å². The van der Waals surface area contributed by atoms with E-state index in [0.717, 1.165) is 34.9 Å². The number of nitrogens with zero attached hydrogens (tertiary/aromatic N) is 3. The summed E-state index contributed by atoms with van der Waals surface area (Å²) >= 11 is 0. The number of carbonyl (C=O) groups excluding carboxylic acids is 1. The molecule has 1 fully saturated rings. The summed E-state index contributed by atoms with van der Waals surface area (Å²) in [5, 5.41) is 12.5. The third-order valence-electron chi connectivity index (χ3n) is 6.06. The summed E-state index contributed by atoms with van der Waals surface area (Å²) in [5.74, 6) is -1.78. The molecule has 2 aromatic heterocycles. The van der Waals surface area contributed by atoms with Gasteiger partial charge in [0.25, 0.3) is 10.0 Å². The number of fused-ring (bicyclic) bond motifs is 1. The Kier molecular flexibility index (Phi) is 6.31. The third kappa shape index (κ3) is 4.79. The van der Waals surface area contributed by atoms with Crippen molar-refractivity contribution < 1.29 is 40.3 Å². The first-order valence-corrected chi connectivity index (χ1v) is 12.6. The highest BCUT2D eigenvalue weighted by Gasteiger charge is 2.44. The maximum Gasteiger partial charge on any atom is 0.416 e. The van der Waals surface area contributed by atoms with Crippen LogP contribution in [0.25, 0.3) is 22.2 Å². The van der Waals surface area contributed by atoms with Crippen molar-refractivity contribution in [1.29, 1.82) is 0 Å². The highest BCUT2D eigenvalue weighted by molar-refractivity contribution is 7.89. The van der Waals surface area contributed by atoms with Crippen LogP contribution in [0.5, 0.6) is 5.75 Å². The van der Waals surface area contributed by atoms with Crippen LogP contribution in [0.3, 0.4) is 0 Å². The highest BCUT2D eigenvalue weighted by atomic mass is 32.2. The van der Waals surface area contributed by atoms with Gasteiger partial charge in [-0.05, 0) is 48.9 Å². The topological polar surface area (TPSA) is 126 Å². The number of benzene rings is 2. The molecule has 0 unspecified atom stereocenters. The van der Waals surface area contributed by atoms with Gasteiger partial charge in [0.2, 0.25) is 11.0 Å². The van der Waals surface area contributed by atoms with Crippen LogP contribution < -0.4 is 5.32 Å². The van der Waals surface area contributed by atoms with Gasteiger partial charge < -0.3 is 14.8 Å². The minimum absolute atomic E-state index is 0.0370. The van der Waals surface area contributed by atoms with Crippen molar-refractivity contribution in [2.45, 2.75) is 30.3 Å². The lowest BCUT2D eigenvalue weighted by atomic mass is 10.1. The Bertz CT molecular complexity index is 1660. The van der Waals surface area contributed by atoms with Gasteiger partial charge >= 0.3 is 6.18 Å². The molecule has 2 aromatic carbocycles. The van der Waals surface area contributed by atoms with Gasteiger partial charge in [0.1, 0.15) is 29.5 Å². The molecule has 0 radical (unpaired) electrons. The van der Waals surface area contributed by atoms with Crippen LogP contribution in [-0.4, -0.2) is 46.3 Å². The molecule has 198 valence electrons. The second kappa shape index (κ2) is 9.36. The predicted octanol–water partition coefficient (Wildman–Crippen LogP) is 3.83. The summed E-state index contributed by atoms with van der Waals surface area (Å²) in [6, 6.07) is 7.62. The molecule has 2 N–H and O–H groups in total. The molecule has 3 heterocycles. The molecule has 5 rings (SSSR count). The first kappa shape index (κ1) is 25.6. The van der Waals surface area contributed by atoms with Gasteiger partial charge in [-0.15, -0.1) is 0 Å². The Morgan fingerprint density at radius 3 is 2.61 bits per heavy atom. The second-order valence-corrected chi connectivity index (χ2v) is 10.3. The van der Waals surface area contributed by atoms with Gasteiger partial charge in [-0.3, -0.25) is 4.79 Å². The maximum absolute atomic E-state index is 13.5. The minimum Gasteiger partial charge on any atom is -0.507 e. The number of nitrogens with one attached hydrogen (secondary N) is 1. The van der Waals surface area contributed by atoms with Crippen molar-refractivity contribution in [3.63, 3.8) is 0 Å². The van der Waals surface area contributed by atoms with E-state index in [0.29, 0.717) is 6.07 Å². The molecule has 9 nitrogen and oxygen atoms in total. The molecule has 0 aliphatic carbocycles. The molecule has 1 saturated heterocycles. The van der Waals surface area contributed by atoms with Crippen LogP contribution in [0.2, 0.25) is 0 Å². The smallest absolute Gasteiger partial charge is 0.416 e. The van der Waals surface area contributed by atoms with E-state index >= 15 is 0 Å². The van der Waals surface area contributed by atoms with Crippen molar-refractivity contribution in [2.75, 3.05) is 6.54 Å². The van der Waals surface area contributed by atoms with Crippen molar-refractivity contribution in [2.24, 2.45) is 0 Å². The fraction of sp³-hybridized carbons (Fsp3) is 0.208. The summed E-state index contributed by atoms with van der Waals surface area (Å²) < 4.78 is 84.4. The lowest BCUT2D eigenvalue weighted by Crippen LogP contribution is -2.57. The van der Waals surface area contributed by atoms with Crippen LogP contribution in [-0.2, 0) is 27.5 Å². The molecule has 14 heteroatoms. The minimum atomic E-state index is -4.62. The first-order chi connectivity index (χ1) is 17.9. The van der Waals surface area contributed by atoms with E-state index in [1.807, 2.05) is 0 Å². The lowest BCUT2D eigenvalue weighted by Gasteiger charge is -2.37. The molecule has 1 amide bonds. The van der Waals surface area contributed by atoms with Gasteiger partial charge in [0.15, 0.2) is 0 Å². The van der Waals surface area contributed by atoms with Crippen molar-refractivity contribution >= 4 is 26.9 Å². The zero-order chi connectivity index (χ0) is 27.2. The standard InChI is InChI=1S/C24H18F4N4O5S/c25-15-2-4-21-13(7-15)8-22(37-21)38(35,36)32-6-5-19(32)23(34)29-11-16-10-18(31-12-30-16)17-3-1-14(9-20(17)33)24(26,27)28/h1-4,7-10,12,19,33H,5-6,11H2,(H,29,34)/t19-/m0/s1. The molecular formula is C24H18F4N4O5S. The average Bonchev–Trinajstić information content (AvgIpc) is 3.25. The van der Waals surface area contributed by atoms with Crippen LogP contribution >= 0.6 is 0 Å². The Hall–Kier alpha value is -4.04. The number of amides is 1. The van der Waals surface area contributed by atoms with E-state index in [-0.39, 0.29) is 47.4 Å².